The van der Waals surface area contributed by atoms with Crippen molar-refractivity contribution in [3.63, 3.8) is 0 Å². The molecule has 0 aliphatic rings. The second-order valence-electron chi connectivity index (χ2n) is 6.49. The van der Waals surface area contributed by atoms with Gasteiger partial charge in [0.15, 0.2) is 0 Å². The molecule has 0 saturated carbocycles. The lowest BCUT2D eigenvalue weighted by Gasteiger charge is -2.25. The zero-order valence-electron chi connectivity index (χ0n) is 15.7. The molecular formula is C21H28IO3P. The maximum Gasteiger partial charge on any atom is 0.332 e. The number of benzene rings is 2. The highest BCUT2D eigenvalue weighted by Gasteiger charge is 2.21. The molecule has 0 aliphatic carbocycles. The van der Waals surface area contributed by atoms with Crippen LogP contribution in [0.25, 0.3) is 0 Å². The lowest BCUT2D eigenvalue weighted by Crippen LogP contribution is -2.19. The molecule has 0 fully saturated rings. The molecule has 3 nitrogen and oxygen atoms in total. The third kappa shape index (κ3) is 7.61. The molecule has 5 heteroatoms. The van der Waals surface area contributed by atoms with Gasteiger partial charge in [0.25, 0.3) is 0 Å². The van der Waals surface area contributed by atoms with Crippen LogP contribution in [0, 0.1) is 9.49 Å². The molecule has 0 saturated heterocycles. The zero-order valence-corrected chi connectivity index (χ0v) is 18.8. The van der Waals surface area contributed by atoms with Gasteiger partial charge in [0.1, 0.15) is 0 Å². The van der Waals surface area contributed by atoms with E-state index in [2.05, 4.69) is 85.0 Å². The Hall–Kier alpha value is -0.520. The first-order chi connectivity index (χ1) is 12.6. The van der Waals surface area contributed by atoms with E-state index >= 15 is 0 Å². The smallest absolute Gasteiger partial charge is 0.316 e. The Balaban J connectivity index is 1.81. The fraction of sp³-hybridized carbons (Fsp3) is 0.429. The topological polar surface area (TPSA) is 27.7 Å². The van der Waals surface area contributed by atoms with Gasteiger partial charge in [0.2, 0.25) is 0 Å². The van der Waals surface area contributed by atoms with Gasteiger partial charge in [0, 0.05) is 10.7 Å². The molecular weight excluding hydrogens is 458 g/mol. The molecule has 0 radical (unpaired) electrons. The lowest BCUT2D eigenvalue weighted by atomic mass is 9.99. The zero-order chi connectivity index (χ0) is 18.8. The predicted molar refractivity (Wildman–Crippen MR) is 117 cm³/mol. The summed E-state index contributed by atoms with van der Waals surface area (Å²) in [6.45, 7) is 4.97. The van der Waals surface area contributed by atoms with E-state index in [1.54, 1.807) is 7.11 Å². The monoisotopic (exact) mass is 486 g/mol. The molecule has 2 atom stereocenters. The molecule has 2 rings (SSSR count). The van der Waals surface area contributed by atoms with Gasteiger partial charge in [-0.1, -0.05) is 62.4 Å². The van der Waals surface area contributed by atoms with Crippen molar-refractivity contribution in [3.8, 4) is 0 Å². The number of rotatable bonds is 11. The standard InChI is InChI=1S/C21H28IO3P/c1-17(2)21(14-13-18-9-5-4-6-10-18)25-26(23-3)24-16-15-19-11-7-8-12-20(19)22/h4-12,17,21H,13-16H2,1-3H3. The van der Waals surface area contributed by atoms with Crippen molar-refractivity contribution in [3.05, 3.63) is 69.3 Å². The Morgan fingerprint density at radius 2 is 1.65 bits per heavy atom. The molecule has 0 spiro atoms. The van der Waals surface area contributed by atoms with Gasteiger partial charge in [-0.25, -0.2) is 0 Å². The Kier molecular flexibility index (Phi) is 10.1. The quantitative estimate of drug-likeness (QED) is 0.272. The SMILES string of the molecule is COP(OCCc1ccccc1I)OC(CCc1ccccc1)C(C)C. The van der Waals surface area contributed by atoms with E-state index in [-0.39, 0.29) is 6.10 Å². The highest BCUT2D eigenvalue weighted by molar-refractivity contribution is 14.1. The summed E-state index contributed by atoms with van der Waals surface area (Å²) < 4.78 is 18.8. The van der Waals surface area contributed by atoms with E-state index < -0.39 is 8.60 Å². The summed E-state index contributed by atoms with van der Waals surface area (Å²) in [5, 5.41) is 0. The molecule has 2 aromatic carbocycles. The molecule has 2 aromatic rings. The molecule has 0 bridgehead atoms. The first kappa shape index (κ1) is 21.8. The van der Waals surface area contributed by atoms with Crippen LogP contribution in [0.5, 0.6) is 0 Å². The fourth-order valence-corrected chi connectivity index (χ4v) is 4.35. The minimum absolute atomic E-state index is 0.123. The van der Waals surface area contributed by atoms with E-state index in [4.69, 9.17) is 13.6 Å². The summed E-state index contributed by atoms with van der Waals surface area (Å²) in [6.07, 6.45) is 2.95. The van der Waals surface area contributed by atoms with Crippen LogP contribution in [0.3, 0.4) is 0 Å². The summed E-state index contributed by atoms with van der Waals surface area (Å²) in [7, 11) is 0.340. The van der Waals surface area contributed by atoms with Crippen molar-refractivity contribution < 1.29 is 13.6 Å². The second-order valence-corrected chi connectivity index (χ2v) is 8.94. The average molecular weight is 486 g/mol. The molecule has 2 unspecified atom stereocenters. The average Bonchev–Trinajstić information content (AvgIpc) is 2.65. The number of hydrogen-bond donors (Lipinski definition) is 0. The number of hydrogen-bond acceptors (Lipinski definition) is 3. The van der Waals surface area contributed by atoms with Crippen molar-refractivity contribution in [2.45, 2.75) is 39.2 Å². The van der Waals surface area contributed by atoms with Gasteiger partial charge in [0.05, 0.1) is 12.7 Å². The fourth-order valence-electron chi connectivity index (χ4n) is 2.63. The maximum atomic E-state index is 6.17. The van der Waals surface area contributed by atoms with Gasteiger partial charge < -0.3 is 13.6 Å². The summed E-state index contributed by atoms with van der Waals surface area (Å²) in [4.78, 5) is 0. The Morgan fingerprint density at radius 3 is 2.31 bits per heavy atom. The van der Waals surface area contributed by atoms with Crippen LogP contribution < -0.4 is 0 Å². The van der Waals surface area contributed by atoms with Crippen molar-refractivity contribution >= 4 is 31.2 Å². The van der Waals surface area contributed by atoms with Crippen LogP contribution in [0.1, 0.15) is 31.4 Å². The minimum Gasteiger partial charge on any atom is -0.316 e. The van der Waals surface area contributed by atoms with Crippen LogP contribution in [0.15, 0.2) is 54.6 Å². The van der Waals surface area contributed by atoms with Crippen molar-refractivity contribution in [2.24, 2.45) is 5.92 Å². The maximum absolute atomic E-state index is 6.17. The highest BCUT2D eigenvalue weighted by Crippen LogP contribution is 2.42. The number of halogens is 1. The third-order valence-electron chi connectivity index (χ3n) is 4.20. The molecule has 0 heterocycles. The van der Waals surface area contributed by atoms with E-state index in [0.29, 0.717) is 12.5 Å². The van der Waals surface area contributed by atoms with Crippen LogP contribution in [0.2, 0.25) is 0 Å². The van der Waals surface area contributed by atoms with Crippen LogP contribution in [-0.2, 0) is 26.4 Å². The molecule has 142 valence electrons. The van der Waals surface area contributed by atoms with Crippen LogP contribution in [0.4, 0.5) is 0 Å². The minimum atomic E-state index is -1.32. The van der Waals surface area contributed by atoms with E-state index in [9.17, 15) is 0 Å². The predicted octanol–water partition coefficient (Wildman–Crippen LogP) is 6.40. The number of aryl methyl sites for hydroxylation is 1. The normalized spacial score (nSPS) is 13.7. The largest absolute Gasteiger partial charge is 0.332 e. The first-order valence-electron chi connectivity index (χ1n) is 9.01. The second kappa shape index (κ2) is 12.0. The molecule has 0 amide bonds. The van der Waals surface area contributed by atoms with Crippen LogP contribution >= 0.6 is 31.2 Å². The summed E-state index contributed by atoms with van der Waals surface area (Å²) in [6, 6.07) is 18.9. The summed E-state index contributed by atoms with van der Waals surface area (Å²) >= 11 is 2.36. The molecule has 0 aliphatic heterocycles. The molecule has 26 heavy (non-hydrogen) atoms. The highest BCUT2D eigenvalue weighted by atomic mass is 127. The lowest BCUT2D eigenvalue weighted by molar-refractivity contribution is 0.0958. The Bertz CT molecular complexity index is 636. The van der Waals surface area contributed by atoms with E-state index in [1.165, 1.54) is 14.7 Å². The van der Waals surface area contributed by atoms with Gasteiger partial charge in [-0.05, 0) is 65.0 Å². The summed E-state index contributed by atoms with van der Waals surface area (Å²) in [5.41, 5.74) is 2.63. The van der Waals surface area contributed by atoms with Gasteiger partial charge in [-0.2, -0.15) is 0 Å². The Labute approximate surface area is 172 Å². The summed E-state index contributed by atoms with van der Waals surface area (Å²) in [5.74, 6) is 0.414. The van der Waals surface area contributed by atoms with Crippen molar-refractivity contribution in [2.75, 3.05) is 13.7 Å². The Morgan fingerprint density at radius 1 is 0.962 bits per heavy atom. The first-order valence-corrected chi connectivity index (χ1v) is 11.2. The van der Waals surface area contributed by atoms with Gasteiger partial charge in [-0.15, -0.1) is 0 Å². The van der Waals surface area contributed by atoms with Crippen LogP contribution in [-0.4, -0.2) is 19.8 Å². The van der Waals surface area contributed by atoms with E-state index in [1.807, 2.05) is 6.07 Å². The van der Waals surface area contributed by atoms with Gasteiger partial charge in [-0.3, -0.25) is 0 Å². The van der Waals surface area contributed by atoms with Crippen molar-refractivity contribution in [1.29, 1.82) is 0 Å². The molecule has 0 N–H and O–H groups in total. The van der Waals surface area contributed by atoms with Gasteiger partial charge >= 0.3 is 8.60 Å². The van der Waals surface area contributed by atoms with E-state index in [0.717, 1.165) is 19.3 Å². The third-order valence-corrected chi connectivity index (χ3v) is 6.39. The molecule has 0 aromatic heterocycles. The van der Waals surface area contributed by atoms with Crippen molar-refractivity contribution in [1.82, 2.24) is 0 Å².